The Hall–Kier alpha value is -3.58. The lowest BCUT2D eigenvalue weighted by atomic mass is 10.0. The van der Waals surface area contributed by atoms with Gasteiger partial charge in [0.1, 0.15) is 11.3 Å². The van der Waals surface area contributed by atoms with E-state index < -0.39 is 0 Å². The van der Waals surface area contributed by atoms with E-state index in [1.165, 1.54) is 25.3 Å². The number of hydrogen-bond donors (Lipinski definition) is 0. The molecular weight excluding hydrogens is 486 g/mol. The van der Waals surface area contributed by atoms with Crippen molar-refractivity contribution < 1.29 is 9.47 Å². The van der Waals surface area contributed by atoms with E-state index >= 15 is 0 Å². The number of fused-ring (bicyclic) bond motifs is 2. The molecule has 0 amide bonds. The highest BCUT2D eigenvalue weighted by molar-refractivity contribution is 5.86. The number of nitrogens with zero attached hydrogens (tertiary/aromatic N) is 5. The molecule has 7 heteroatoms. The fourth-order valence-corrected chi connectivity index (χ4v) is 6.53. The molecule has 0 radical (unpaired) electrons. The maximum absolute atomic E-state index is 5.52. The van der Waals surface area contributed by atoms with E-state index in [-0.39, 0.29) is 0 Å². The standard InChI is InChI=1S/C32H39N5O2/c1-20(2)15-36-16-24-18-37(19-25(24)17-36)26-10-7-22(8-11-26)27-14-28-31(21(3)33-27)34-32(35(28)4)23-9-12-29(38-5)30(13-23)39-6/h7-14,20,24-25H,15-19H2,1-6H3/t24-,25+. The van der Waals surface area contributed by atoms with Crippen LogP contribution in [0.4, 0.5) is 5.69 Å². The predicted molar refractivity (Wildman–Crippen MR) is 158 cm³/mol. The number of imidazole rings is 1. The number of hydrogen-bond acceptors (Lipinski definition) is 6. The molecule has 204 valence electrons. The normalized spacial score (nSPS) is 19.3. The van der Waals surface area contributed by atoms with Crippen LogP contribution in [0.2, 0.25) is 0 Å². The summed E-state index contributed by atoms with van der Waals surface area (Å²) < 4.78 is 13.1. The summed E-state index contributed by atoms with van der Waals surface area (Å²) in [5.74, 6) is 4.59. The van der Waals surface area contributed by atoms with Crippen LogP contribution in [0.15, 0.2) is 48.5 Å². The Morgan fingerprint density at radius 1 is 0.846 bits per heavy atom. The highest BCUT2D eigenvalue weighted by Gasteiger charge is 2.39. The predicted octanol–water partition coefficient (Wildman–Crippen LogP) is 5.65. The van der Waals surface area contributed by atoms with E-state index in [0.29, 0.717) is 11.5 Å². The molecule has 2 aliphatic heterocycles. The average molecular weight is 526 g/mol. The van der Waals surface area contributed by atoms with Gasteiger partial charge in [0.2, 0.25) is 0 Å². The van der Waals surface area contributed by atoms with Gasteiger partial charge in [-0.05, 0) is 61.1 Å². The first-order chi connectivity index (χ1) is 18.8. The van der Waals surface area contributed by atoms with Gasteiger partial charge in [-0.15, -0.1) is 0 Å². The largest absolute Gasteiger partial charge is 0.493 e. The smallest absolute Gasteiger partial charge is 0.161 e. The molecule has 2 aromatic heterocycles. The summed E-state index contributed by atoms with van der Waals surface area (Å²) in [5.41, 5.74) is 7.28. The molecule has 2 saturated heterocycles. The highest BCUT2D eigenvalue weighted by Crippen LogP contribution is 2.36. The molecule has 0 N–H and O–H groups in total. The topological polar surface area (TPSA) is 55.7 Å². The second-order valence-corrected chi connectivity index (χ2v) is 11.6. The summed E-state index contributed by atoms with van der Waals surface area (Å²) in [5, 5.41) is 0. The zero-order valence-electron chi connectivity index (χ0n) is 23.9. The van der Waals surface area contributed by atoms with Gasteiger partial charge in [0.05, 0.1) is 31.1 Å². The van der Waals surface area contributed by atoms with Crippen LogP contribution in [0.1, 0.15) is 19.5 Å². The Balaban J connectivity index is 1.23. The van der Waals surface area contributed by atoms with Crippen LogP contribution in [0.3, 0.4) is 0 Å². The number of likely N-dealkylation sites (tertiary alicyclic amines) is 1. The highest BCUT2D eigenvalue weighted by atomic mass is 16.5. The minimum atomic E-state index is 0.687. The van der Waals surface area contributed by atoms with E-state index in [1.54, 1.807) is 14.2 Å². The quantitative estimate of drug-likeness (QED) is 0.311. The number of benzene rings is 2. The zero-order chi connectivity index (χ0) is 27.3. The number of pyridine rings is 1. The van der Waals surface area contributed by atoms with Gasteiger partial charge in [-0.1, -0.05) is 26.0 Å². The van der Waals surface area contributed by atoms with E-state index in [1.807, 2.05) is 25.1 Å². The van der Waals surface area contributed by atoms with Gasteiger partial charge < -0.3 is 23.8 Å². The molecule has 2 fully saturated rings. The van der Waals surface area contributed by atoms with Crippen molar-refractivity contribution in [1.29, 1.82) is 0 Å². The molecule has 4 heterocycles. The molecule has 0 saturated carbocycles. The van der Waals surface area contributed by atoms with Crippen LogP contribution in [-0.2, 0) is 7.05 Å². The van der Waals surface area contributed by atoms with Gasteiger partial charge in [-0.25, -0.2) is 4.98 Å². The van der Waals surface area contributed by atoms with Gasteiger partial charge in [-0.2, -0.15) is 0 Å². The summed E-state index contributed by atoms with van der Waals surface area (Å²) in [6.45, 7) is 12.7. The Kier molecular flexibility index (Phi) is 6.71. The van der Waals surface area contributed by atoms with Crippen molar-refractivity contribution in [2.45, 2.75) is 20.8 Å². The molecule has 4 aromatic rings. The third kappa shape index (κ3) is 4.73. The summed E-state index contributed by atoms with van der Waals surface area (Å²) in [7, 11) is 5.35. The van der Waals surface area contributed by atoms with Crippen LogP contribution >= 0.6 is 0 Å². The Bertz CT molecular complexity index is 1480. The van der Waals surface area contributed by atoms with E-state index in [2.05, 4.69) is 65.6 Å². The average Bonchev–Trinajstić information content (AvgIpc) is 3.60. The van der Waals surface area contributed by atoms with Crippen LogP contribution in [0, 0.1) is 24.7 Å². The molecule has 0 unspecified atom stereocenters. The lowest BCUT2D eigenvalue weighted by Crippen LogP contribution is -2.31. The third-order valence-corrected chi connectivity index (χ3v) is 8.40. The first-order valence-corrected chi connectivity index (χ1v) is 14.0. The first kappa shape index (κ1) is 25.7. The minimum absolute atomic E-state index is 0.687. The van der Waals surface area contributed by atoms with E-state index in [0.717, 1.165) is 70.2 Å². The van der Waals surface area contributed by atoms with Gasteiger partial charge in [0.25, 0.3) is 0 Å². The van der Waals surface area contributed by atoms with Crippen LogP contribution in [-0.4, -0.2) is 66.4 Å². The van der Waals surface area contributed by atoms with Gasteiger partial charge in [0, 0.05) is 56.6 Å². The summed E-state index contributed by atoms with van der Waals surface area (Å²) in [6.07, 6.45) is 0. The number of aryl methyl sites for hydroxylation is 2. The summed E-state index contributed by atoms with van der Waals surface area (Å²) >= 11 is 0. The number of ether oxygens (including phenoxy) is 2. The molecular formula is C32H39N5O2. The molecule has 2 aromatic carbocycles. The second-order valence-electron chi connectivity index (χ2n) is 11.6. The fraction of sp³-hybridized carbons (Fsp3) is 0.438. The molecule has 0 aliphatic carbocycles. The molecule has 0 spiro atoms. The van der Waals surface area contributed by atoms with Crippen molar-refractivity contribution in [1.82, 2.24) is 19.4 Å². The van der Waals surface area contributed by atoms with Crippen LogP contribution in [0.25, 0.3) is 33.7 Å². The maximum atomic E-state index is 5.52. The SMILES string of the molecule is COc1ccc(-c2nc3c(C)nc(-c4ccc(N5C[C@H]6CN(CC(C)C)C[C@H]6C5)cc4)cc3n2C)cc1OC. The van der Waals surface area contributed by atoms with Crippen LogP contribution in [0.5, 0.6) is 11.5 Å². The van der Waals surface area contributed by atoms with Crippen LogP contribution < -0.4 is 14.4 Å². The number of methoxy groups -OCH3 is 2. The molecule has 39 heavy (non-hydrogen) atoms. The Labute approximate surface area is 231 Å². The van der Waals surface area contributed by atoms with Crippen molar-refractivity contribution in [2.75, 3.05) is 51.8 Å². The Morgan fingerprint density at radius 2 is 1.51 bits per heavy atom. The van der Waals surface area contributed by atoms with Crippen molar-refractivity contribution in [3.8, 4) is 34.1 Å². The molecule has 6 rings (SSSR count). The number of aromatic nitrogens is 3. The fourth-order valence-electron chi connectivity index (χ4n) is 6.53. The molecule has 0 bridgehead atoms. The monoisotopic (exact) mass is 525 g/mol. The van der Waals surface area contributed by atoms with E-state index in [9.17, 15) is 0 Å². The van der Waals surface area contributed by atoms with Gasteiger partial charge in [-0.3, -0.25) is 4.98 Å². The third-order valence-electron chi connectivity index (χ3n) is 8.40. The summed E-state index contributed by atoms with van der Waals surface area (Å²) in [6, 6.07) is 17.0. The number of anilines is 1. The minimum Gasteiger partial charge on any atom is -0.493 e. The van der Waals surface area contributed by atoms with Crippen molar-refractivity contribution in [2.24, 2.45) is 24.8 Å². The molecule has 2 aliphatic rings. The van der Waals surface area contributed by atoms with Crippen molar-refractivity contribution in [3.63, 3.8) is 0 Å². The molecule has 7 nitrogen and oxygen atoms in total. The lowest BCUT2D eigenvalue weighted by Gasteiger charge is -2.24. The number of rotatable bonds is 7. The van der Waals surface area contributed by atoms with Gasteiger partial charge >= 0.3 is 0 Å². The van der Waals surface area contributed by atoms with E-state index in [4.69, 9.17) is 19.4 Å². The summed E-state index contributed by atoms with van der Waals surface area (Å²) in [4.78, 5) is 15.1. The molecule has 2 atom stereocenters. The first-order valence-electron chi connectivity index (χ1n) is 14.0. The zero-order valence-corrected chi connectivity index (χ0v) is 23.9. The second kappa shape index (κ2) is 10.2. The maximum Gasteiger partial charge on any atom is 0.161 e. The van der Waals surface area contributed by atoms with Crippen molar-refractivity contribution >= 4 is 16.7 Å². The van der Waals surface area contributed by atoms with Crippen molar-refractivity contribution in [3.05, 3.63) is 54.2 Å². The lowest BCUT2D eigenvalue weighted by molar-refractivity contribution is 0.280. The Morgan fingerprint density at radius 3 is 2.15 bits per heavy atom. The van der Waals surface area contributed by atoms with Gasteiger partial charge in [0.15, 0.2) is 11.5 Å².